The summed E-state index contributed by atoms with van der Waals surface area (Å²) in [6.45, 7) is 4.12. The maximum Gasteiger partial charge on any atom is 0.129 e. The third kappa shape index (κ3) is 2.00. The summed E-state index contributed by atoms with van der Waals surface area (Å²) >= 11 is 12.5. The van der Waals surface area contributed by atoms with Crippen LogP contribution in [0, 0.1) is 13.8 Å². The number of imidazole rings is 1. The van der Waals surface area contributed by atoms with Gasteiger partial charge in [0.1, 0.15) is 5.82 Å². The van der Waals surface area contributed by atoms with Gasteiger partial charge < -0.3 is 0 Å². The minimum Gasteiger partial charge on any atom is -0.293 e. The molecular weight excluding hydrogens is 291 g/mol. The Kier molecular flexibility index (Phi) is 3.45. The standard InChI is InChI=1S/C16H14Cl2N2/c1-10-5-3-7-12(18)15(10)20-14(9-17)19-13-8-4-6-11(2)16(13)20/h3-8H,9H2,1-2H3. The van der Waals surface area contributed by atoms with E-state index in [1.54, 1.807) is 0 Å². The summed E-state index contributed by atoms with van der Waals surface area (Å²) in [7, 11) is 0. The third-order valence-electron chi connectivity index (χ3n) is 3.48. The fourth-order valence-electron chi connectivity index (χ4n) is 2.58. The van der Waals surface area contributed by atoms with E-state index in [0.717, 1.165) is 33.7 Å². The first-order valence-electron chi connectivity index (χ1n) is 6.42. The van der Waals surface area contributed by atoms with Crippen LogP contribution in [0.5, 0.6) is 0 Å². The van der Waals surface area contributed by atoms with Crippen molar-refractivity contribution < 1.29 is 0 Å². The van der Waals surface area contributed by atoms with Crippen LogP contribution < -0.4 is 0 Å². The molecule has 0 unspecified atom stereocenters. The number of hydrogen-bond donors (Lipinski definition) is 0. The average molecular weight is 305 g/mol. The van der Waals surface area contributed by atoms with E-state index in [4.69, 9.17) is 23.2 Å². The second kappa shape index (κ2) is 5.12. The largest absolute Gasteiger partial charge is 0.293 e. The second-order valence-corrected chi connectivity index (χ2v) is 5.52. The van der Waals surface area contributed by atoms with Crippen LogP contribution in [-0.4, -0.2) is 9.55 Å². The highest BCUT2D eigenvalue weighted by Crippen LogP contribution is 2.31. The van der Waals surface area contributed by atoms with E-state index in [0.29, 0.717) is 10.9 Å². The van der Waals surface area contributed by atoms with Gasteiger partial charge in [-0.05, 0) is 37.1 Å². The maximum absolute atomic E-state index is 6.41. The number of nitrogens with zero attached hydrogens (tertiary/aromatic N) is 2. The molecule has 0 fully saturated rings. The Bertz CT molecular complexity index is 770. The van der Waals surface area contributed by atoms with E-state index in [1.165, 1.54) is 0 Å². The van der Waals surface area contributed by atoms with Gasteiger partial charge in [-0.3, -0.25) is 4.57 Å². The van der Waals surface area contributed by atoms with Crippen LogP contribution >= 0.6 is 23.2 Å². The first kappa shape index (κ1) is 13.5. The molecule has 0 saturated carbocycles. The Balaban J connectivity index is 2.46. The molecule has 20 heavy (non-hydrogen) atoms. The fourth-order valence-corrected chi connectivity index (χ4v) is 3.07. The Hall–Kier alpha value is -1.51. The summed E-state index contributed by atoms with van der Waals surface area (Å²) in [5.74, 6) is 1.16. The predicted molar refractivity (Wildman–Crippen MR) is 85.1 cm³/mol. The van der Waals surface area contributed by atoms with Crippen molar-refractivity contribution in [1.82, 2.24) is 9.55 Å². The number of alkyl halides is 1. The van der Waals surface area contributed by atoms with Gasteiger partial charge >= 0.3 is 0 Å². The smallest absolute Gasteiger partial charge is 0.129 e. The van der Waals surface area contributed by atoms with E-state index in [-0.39, 0.29) is 0 Å². The van der Waals surface area contributed by atoms with Crippen LogP contribution in [-0.2, 0) is 5.88 Å². The van der Waals surface area contributed by atoms with E-state index in [2.05, 4.69) is 22.5 Å². The third-order valence-corrected chi connectivity index (χ3v) is 4.02. The molecule has 102 valence electrons. The highest BCUT2D eigenvalue weighted by molar-refractivity contribution is 6.32. The number of hydrogen-bond acceptors (Lipinski definition) is 1. The minimum atomic E-state index is 0.346. The molecule has 1 aromatic heterocycles. The molecule has 0 spiro atoms. The van der Waals surface area contributed by atoms with Crippen molar-refractivity contribution in [3.63, 3.8) is 0 Å². The lowest BCUT2D eigenvalue weighted by Crippen LogP contribution is -2.03. The summed E-state index contributed by atoms with van der Waals surface area (Å²) in [4.78, 5) is 4.62. The SMILES string of the molecule is Cc1cccc(Cl)c1-n1c(CCl)nc2cccc(C)c21. The zero-order valence-electron chi connectivity index (χ0n) is 11.3. The molecule has 3 rings (SSSR count). The molecule has 0 radical (unpaired) electrons. The van der Waals surface area contributed by atoms with Gasteiger partial charge in [-0.15, -0.1) is 11.6 Å². The van der Waals surface area contributed by atoms with Crippen molar-refractivity contribution in [1.29, 1.82) is 0 Å². The molecule has 1 heterocycles. The van der Waals surface area contributed by atoms with Gasteiger partial charge in [-0.2, -0.15) is 0 Å². The number of para-hydroxylation sites is 2. The van der Waals surface area contributed by atoms with Crippen molar-refractivity contribution in [2.45, 2.75) is 19.7 Å². The molecule has 2 aromatic carbocycles. The van der Waals surface area contributed by atoms with Gasteiger partial charge in [0.15, 0.2) is 0 Å². The van der Waals surface area contributed by atoms with Crippen LogP contribution in [0.3, 0.4) is 0 Å². The Labute approximate surface area is 128 Å². The molecule has 0 bridgehead atoms. The molecule has 0 aliphatic heterocycles. The van der Waals surface area contributed by atoms with Gasteiger partial charge in [0.25, 0.3) is 0 Å². The Morgan fingerprint density at radius 2 is 1.75 bits per heavy atom. The lowest BCUT2D eigenvalue weighted by Gasteiger charge is -2.14. The van der Waals surface area contributed by atoms with Gasteiger partial charge in [0, 0.05) is 0 Å². The number of rotatable bonds is 2. The molecule has 0 aliphatic rings. The number of halogens is 2. The van der Waals surface area contributed by atoms with Crippen LogP contribution in [0.1, 0.15) is 17.0 Å². The van der Waals surface area contributed by atoms with Crippen LogP contribution in [0.2, 0.25) is 5.02 Å². The normalized spacial score (nSPS) is 11.2. The van der Waals surface area contributed by atoms with Crippen LogP contribution in [0.25, 0.3) is 16.7 Å². The molecule has 0 saturated heterocycles. The van der Waals surface area contributed by atoms with Gasteiger partial charge in [0.2, 0.25) is 0 Å². The van der Waals surface area contributed by atoms with E-state index in [9.17, 15) is 0 Å². The first-order chi connectivity index (χ1) is 9.63. The maximum atomic E-state index is 6.41. The Morgan fingerprint density at radius 3 is 2.45 bits per heavy atom. The highest BCUT2D eigenvalue weighted by atomic mass is 35.5. The van der Waals surface area contributed by atoms with Gasteiger partial charge in [0.05, 0.1) is 27.6 Å². The first-order valence-corrected chi connectivity index (χ1v) is 7.33. The Morgan fingerprint density at radius 1 is 1.05 bits per heavy atom. The highest BCUT2D eigenvalue weighted by Gasteiger charge is 2.16. The molecule has 0 N–H and O–H groups in total. The summed E-state index contributed by atoms with van der Waals surface area (Å²) in [6.07, 6.45) is 0. The molecule has 0 amide bonds. The van der Waals surface area contributed by atoms with E-state index >= 15 is 0 Å². The van der Waals surface area contributed by atoms with Crippen LogP contribution in [0.15, 0.2) is 36.4 Å². The van der Waals surface area contributed by atoms with Crippen molar-refractivity contribution in [3.05, 3.63) is 58.4 Å². The fraction of sp³-hybridized carbons (Fsp3) is 0.188. The molecule has 4 heteroatoms. The van der Waals surface area contributed by atoms with E-state index in [1.807, 2.05) is 37.3 Å². The number of fused-ring (bicyclic) bond motifs is 1. The minimum absolute atomic E-state index is 0.346. The molecule has 0 aliphatic carbocycles. The number of benzene rings is 2. The summed E-state index contributed by atoms with van der Waals surface area (Å²) in [5.41, 5.74) is 5.23. The molecule has 3 aromatic rings. The second-order valence-electron chi connectivity index (χ2n) is 4.85. The zero-order chi connectivity index (χ0) is 14.3. The number of aromatic nitrogens is 2. The topological polar surface area (TPSA) is 17.8 Å². The zero-order valence-corrected chi connectivity index (χ0v) is 12.8. The average Bonchev–Trinajstić information content (AvgIpc) is 2.79. The predicted octanol–water partition coefficient (Wildman–Crippen LogP) is 5.03. The van der Waals surface area contributed by atoms with Crippen molar-refractivity contribution in [3.8, 4) is 5.69 Å². The molecule has 0 atom stereocenters. The lowest BCUT2D eigenvalue weighted by atomic mass is 10.1. The van der Waals surface area contributed by atoms with E-state index < -0.39 is 0 Å². The molecule has 2 nitrogen and oxygen atoms in total. The van der Waals surface area contributed by atoms with Crippen molar-refractivity contribution >= 4 is 34.2 Å². The summed E-state index contributed by atoms with van der Waals surface area (Å²) in [5, 5.41) is 0.707. The van der Waals surface area contributed by atoms with Gasteiger partial charge in [-0.1, -0.05) is 35.9 Å². The summed E-state index contributed by atoms with van der Waals surface area (Å²) in [6, 6.07) is 12.0. The molecular formula is C16H14Cl2N2. The number of aryl methyl sites for hydroxylation is 2. The quantitative estimate of drug-likeness (QED) is 0.607. The van der Waals surface area contributed by atoms with Crippen molar-refractivity contribution in [2.75, 3.05) is 0 Å². The van der Waals surface area contributed by atoms with Gasteiger partial charge in [-0.25, -0.2) is 4.98 Å². The van der Waals surface area contributed by atoms with Crippen LogP contribution in [0.4, 0.5) is 0 Å². The summed E-state index contributed by atoms with van der Waals surface area (Å²) < 4.78 is 2.08. The lowest BCUT2D eigenvalue weighted by molar-refractivity contribution is 0.970. The van der Waals surface area contributed by atoms with Crippen molar-refractivity contribution in [2.24, 2.45) is 0 Å². The monoisotopic (exact) mass is 304 g/mol.